The van der Waals surface area contributed by atoms with E-state index in [2.05, 4.69) is 21.2 Å². The minimum atomic E-state index is -1.37. The van der Waals surface area contributed by atoms with E-state index in [-0.39, 0.29) is 11.7 Å². The first-order chi connectivity index (χ1) is 18.9. The zero-order valence-electron chi connectivity index (χ0n) is 22.1. The smallest absolute Gasteiger partial charge is 0.303 e. The van der Waals surface area contributed by atoms with E-state index in [1.165, 1.54) is 13.3 Å². The number of hydrogen-bond donors (Lipinski definition) is 3. The fraction of sp³-hybridized carbons (Fsp3) is 0.458. The molecule has 5 atom stereocenters. The van der Waals surface area contributed by atoms with Gasteiger partial charge in [-0.25, -0.2) is 4.98 Å². The summed E-state index contributed by atoms with van der Waals surface area (Å²) in [6.45, 7) is 4.04. The van der Waals surface area contributed by atoms with Gasteiger partial charge in [0.25, 0.3) is 5.91 Å². The van der Waals surface area contributed by atoms with Crippen LogP contribution in [0.4, 0.5) is 0 Å². The Morgan fingerprint density at radius 2 is 1.52 bits per heavy atom. The van der Waals surface area contributed by atoms with Crippen molar-refractivity contribution in [3.63, 3.8) is 0 Å². The zero-order chi connectivity index (χ0) is 29.4. The van der Waals surface area contributed by atoms with Gasteiger partial charge in [0, 0.05) is 27.7 Å². The van der Waals surface area contributed by atoms with Gasteiger partial charge in [-0.15, -0.1) is 0 Å². The lowest BCUT2D eigenvalue weighted by Gasteiger charge is -2.44. The second-order valence-electron chi connectivity index (χ2n) is 8.63. The van der Waals surface area contributed by atoms with Crippen LogP contribution in [0, 0.1) is 0 Å². The molecule has 0 spiro atoms. The Morgan fingerprint density at radius 1 is 0.900 bits per heavy atom. The summed E-state index contributed by atoms with van der Waals surface area (Å²) in [6, 6.07) is 7.29. The Morgan fingerprint density at radius 3 is 2.17 bits per heavy atom. The number of para-hydroxylation sites is 2. The van der Waals surface area contributed by atoms with Gasteiger partial charge in [-0.05, 0) is 24.4 Å². The van der Waals surface area contributed by atoms with Gasteiger partial charge < -0.3 is 33.6 Å². The second-order valence-corrected chi connectivity index (χ2v) is 9.04. The van der Waals surface area contributed by atoms with Gasteiger partial charge >= 0.3 is 23.9 Å². The highest BCUT2D eigenvalue weighted by atomic mass is 32.1. The molecule has 0 saturated carbocycles. The van der Waals surface area contributed by atoms with Crippen molar-refractivity contribution in [3.8, 4) is 0 Å². The molecule has 15 nitrogen and oxygen atoms in total. The van der Waals surface area contributed by atoms with Gasteiger partial charge in [0.2, 0.25) is 0 Å². The van der Waals surface area contributed by atoms with Crippen LogP contribution in [0.3, 0.4) is 0 Å². The Balaban J connectivity index is 1.74. The predicted octanol–water partition coefficient (Wildman–Crippen LogP) is -0.385. The van der Waals surface area contributed by atoms with E-state index in [4.69, 9.17) is 35.9 Å². The molecule has 0 aliphatic carbocycles. The van der Waals surface area contributed by atoms with Gasteiger partial charge in [0.1, 0.15) is 19.3 Å². The van der Waals surface area contributed by atoms with Crippen LogP contribution in [-0.2, 0) is 54.2 Å². The summed E-state index contributed by atoms with van der Waals surface area (Å²) in [5.74, 6) is -3.40. The lowest BCUT2D eigenvalue weighted by molar-refractivity contribution is -0.254. The van der Waals surface area contributed by atoms with Crippen LogP contribution in [0.5, 0.6) is 0 Å². The minimum Gasteiger partial charge on any atom is -0.463 e. The number of carbonyl (C=O) groups excluding carboxylic acids is 5. The summed E-state index contributed by atoms with van der Waals surface area (Å²) >= 11 is 5.26. The third kappa shape index (κ3) is 8.34. The molecule has 1 aliphatic heterocycles. The van der Waals surface area contributed by atoms with Crippen LogP contribution in [0.25, 0.3) is 11.0 Å². The third-order valence-corrected chi connectivity index (χ3v) is 5.64. The fourth-order valence-electron chi connectivity index (χ4n) is 3.97. The minimum absolute atomic E-state index is 0.0742. The van der Waals surface area contributed by atoms with Crippen molar-refractivity contribution in [2.24, 2.45) is 0 Å². The summed E-state index contributed by atoms with van der Waals surface area (Å²) < 4.78 is 28.6. The van der Waals surface area contributed by atoms with Crippen molar-refractivity contribution in [2.45, 2.75) is 64.9 Å². The van der Waals surface area contributed by atoms with Crippen molar-refractivity contribution in [1.29, 1.82) is 0 Å². The number of nitrogens with one attached hydrogen (secondary N) is 3. The maximum atomic E-state index is 12.5. The third-order valence-electron chi connectivity index (χ3n) is 5.42. The fourth-order valence-corrected chi connectivity index (χ4v) is 4.13. The Labute approximate surface area is 233 Å². The summed E-state index contributed by atoms with van der Waals surface area (Å²) in [5, 5.41) is 2.57. The lowest BCUT2D eigenvalue weighted by atomic mass is 9.97. The molecule has 216 valence electrons. The molecule has 1 saturated heterocycles. The van der Waals surface area contributed by atoms with Gasteiger partial charge in [0.15, 0.2) is 29.7 Å². The second kappa shape index (κ2) is 13.7. The number of thiocarbonyl (C=S) groups is 1. The van der Waals surface area contributed by atoms with E-state index < -0.39 is 67.0 Å². The number of aromatic nitrogens is 2. The highest BCUT2D eigenvalue weighted by Gasteiger charge is 2.52. The number of ether oxygens (including phenoxy) is 5. The van der Waals surface area contributed by atoms with Gasteiger partial charge in [-0.2, -0.15) is 0 Å². The molecule has 3 rings (SSSR count). The average Bonchev–Trinajstić information content (AvgIpc) is 3.27. The van der Waals surface area contributed by atoms with E-state index in [9.17, 15) is 24.0 Å². The number of imidazole rings is 1. The number of hydrazine groups is 1. The molecular formula is C24H29N5O10S. The van der Waals surface area contributed by atoms with Crippen LogP contribution in [0.2, 0.25) is 0 Å². The maximum absolute atomic E-state index is 12.5. The van der Waals surface area contributed by atoms with Crippen LogP contribution >= 0.6 is 12.2 Å². The maximum Gasteiger partial charge on any atom is 0.303 e. The van der Waals surface area contributed by atoms with E-state index in [1.54, 1.807) is 4.57 Å². The molecule has 16 heteroatoms. The molecule has 1 aromatic carbocycles. The average molecular weight is 580 g/mol. The van der Waals surface area contributed by atoms with Crippen molar-refractivity contribution in [1.82, 2.24) is 25.7 Å². The summed E-state index contributed by atoms with van der Waals surface area (Å²) in [5.41, 5.74) is 6.43. The van der Waals surface area contributed by atoms with Crippen LogP contribution in [0.15, 0.2) is 30.6 Å². The van der Waals surface area contributed by atoms with E-state index in [0.717, 1.165) is 31.8 Å². The number of amides is 1. The molecule has 3 N–H and O–H groups in total. The summed E-state index contributed by atoms with van der Waals surface area (Å²) in [7, 11) is 0. The number of benzene rings is 1. The predicted molar refractivity (Wildman–Crippen MR) is 139 cm³/mol. The van der Waals surface area contributed by atoms with Crippen molar-refractivity contribution < 1.29 is 47.7 Å². The Bertz CT molecular complexity index is 1280. The molecular weight excluding hydrogens is 550 g/mol. The lowest BCUT2D eigenvalue weighted by Crippen LogP contribution is -2.67. The highest BCUT2D eigenvalue weighted by Crippen LogP contribution is 2.28. The van der Waals surface area contributed by atoms with Crippen molar-refractivity contribution >= 4 is 58.1 Å². The van der Waals surface area contributed by atoms with E-state index >= 15 is 0 Å². The molecule has 1 amide bonds. The number of carbonyl (C=O) groups is 5. The summed E-state index contributed by atoms with van der Waals surface area (Å²) in [6.07, 6.45) is -4.98. The standard InChI is InChI=1S/C24H29N5O10S/c1-12(30)35-10-18-20(36-13(2)31)21(37-14(3)32)22(38-15(4)33)23(39-18)26-24(40)28-27-19(34)9-29-11-25-16-7-5-6-8-17(16)29/h5-8,11,18,20-23H,9-10H2,1-4H3,(H,27,34)(H2,26,28,40)/t18-,20-,21+,22-,23-/m1/s1. The normalized spacial score (nSPS) is 21.9. The van der Waals surface area contributed by atoms with Crippen LogP contribution in [-0.4, -0.2) is 81.7 Å². The summed E-state index contributed by atoms with van der Waals surface area (Å²) in [4.78, 5) is 63.9. The van der Waals surface area contributed by atoms with Crippen LogP contribution < -0.4 is 16.2 Å². The first-order valence-corrected chi connectivity index (χ1v) is 12.4. The molecule has 0 bridgehead atoms. The Kier molecular flexibility index (Phi) is 10.3. The molecule has 2 aromatic rings. The SMILES string of the molecule is CC(=O)OC[C@H]1O[C@@H](NC(=S)NNC(=O)Cn2cnc3ccccc32)[C@H](OC(C)=O)[C@@H](OC(C)=O)[C@@H]1OC(C)=O. The van der Waals surface area contributed by atoms with Crippen molar-refractivity contribution in [3.05, 3.63) is 30.6 Å². The van der Waals surface area contributed by atoms with E-state index in [0.29, 0.717) is 0 Å². The topological polar surface area (TPSA) is 185 Å². The molecule has 40 heavy (non-hydrogen) atoms. The number of fused-ring (bicyclic) bond motifs is 1. The molecule has 1 aromatic heterocycles. The quantitative estimate of drug-likeness (QED) is 0.159. The molecule has 0 radical (unpaired) electrons. The first kappa shape index (κ1) is 30.2. The first-order valence-electron chi connectivity index (χ1n) is 12.0. The highest BCUT2D eigenvalue weighted by molar-refractivity contribution is 7.80. The number of nitrogens with zero attached hydrogens (tertiary/aromatic N) is 2. The van der Waals surface area contributed by atoms with E-state index in [1.807, 2.05) is 24.3 Å². The van der Waals surface area contributed by atoms with Gasteiger partial charge in [-0.1, -0.05) is 12.1 Å². The molecule has 1 aliphatic rings. The number of hydrogen-bond acceptors (Lipinski definition) is 12. The number of rotatable bonds is 8. The van der Waals surface area contributed by atoms with Gasteiger partial charge in [0.05, 0.1) is 17.4 Å². The molecule has 2 heterocycles. The molecule has 0 unspecified atom stereocenters. The monoisotopic (exact) mass is 579 g/mol. The molecule has 1 fully saturated rings. The van der Waals surface area contributed by atoms with Crippen LogP contribution in [0.1, 0.15) is 27.7 Å². The van der Waals surface area contributed by atoms with Crippen molar-refractivity contribution in [2.75, 3.05) is 6.61 Å². The number of esters is 4. The Hall–Kier alpha value is -4.31. The largest absolute Gasteiger partial charge is 0.463 e. The zero-order valence-corrected chi connectivity index (χ0v) is 22.9. The van der Waals surface area contributed by atoms with Gasteiger partial charge in [-0.3, -0.25) is 34.8 Å².